The highest BCUT2D eigenvalue weighted by Gasteiger charge is 2.25. The van der Waals surface area contributed by atoms with E-state index < -0.39 is 17.5 Å². The Kier molecular flexibility index (Phi) is 5.90. The van der Waals surface area contributed by atoms with Crippen molar-refractivity contribution in [1.82, 2.24) is 4.98 Å². The number of hydrogen-bond acceptors (Lipinski definition) is 4. The first-order chi connectivity index (χ1) is 14.9. The lowest BCUT2D eigenvalue weighted by atomic mass is 10.0. The third kappa shape index (κ3) is 4.39. The van der Waals surface area contributed by atoms with Gasteiger partial charge in [0, 0.05) is 31.0 Å². The van der Waals surface area contributed by atoms with E-state index in [1.165, 1.54) is 46.3 Å². The van der Waals surface area contributed by atoms with E-state index in [0.717, 1.165) is 6.07 Å². The summed E-state index contributed by atoms with van der Waals surface area (Å²) < 4.78 is 27.8. The number of nitrogens with zero attached hydrogens (tertiary/aromatic N) is 3. The van der Waals surface area contributed by atoms with Gasteiger partial charge in [-0.05, 0) is 42.7 Å². The van der Waals surface area contributed by atoms with Crippen LogP contribution in [0.1, 0.15) is 24.6 Å². The van der Waals surface area contributed by atoms with E-state index in [9.17, 15) is 18.4 Å². The highest BCUT2D eigenvalue weighted by Crippen LogP contribution is 2.32. The number of amides is 2. The number of aryl methyl sites for hydroxylation is 1. The number of benzene rings is 2. The molecule has 31 heavy (non-hydrogen) atoms. The number of rotatable bonds is 4. The van der Waals surface area contributed by atoms with E-state index >= 15 is 0 Å². The van der Waals surface area contributed by atoms with Gasteiger partial charge in [-0.25, -0.2) is 13.8 Å². The molecule has 2 heterocycles. The second-order valence-corrected chi connectivity index (χ2v) is 7.90. The molecule has 0 aliphatic carbocycles. The van der Waals surface area contributed by atoms with Gasteiger partial charge >= 0.3 is 0 Å². The number of aromatic nitrogens is 1. The molecule has 1 aromatic heterocycles. The molecule has 0 atom stereocenters. The first kappa shape index (κ1) is 20.9. The number of anilines is 3. The quantitative estimate of drug-likeness (QED) is 0.532. The predicted octanol–water partition coefficient (Wildman–Crippen LogP) is 5.10. The van der Waals surface area contributed by atoms with Gasteiger partial charge in [0.2, 0.25) is 5.91 Å². The molecule has 158 valence electrons. The van der Waals surface area contributed by atoms with Crippen LogP contribution in [0.4, 0.5) is 25.3 Å². The largest absolute Gasteiger partial charge is 0.306 e. The molecule has 0 saturated heterocycles. The van der Waals surface area contributed by atoms with Crippen LogP contribution in [0.15, 0.2) is 53.9 Å². The Morgan fingerprint density at radius 2 is 1.97 bits per heavy atom. The maximum atomic E-state index is 14.3. The summed E-state index contributed by atoms with van der Waals surface area (Å²) in [5.41, 5.74) is 1.82. The molecule has 2 amide bonds. The maximum Gasteiger partial charge on any atom is 0.251 e. The molecular weight excluding hydrogens is 420 g/mol. The minimum atomic E-state index is -0.743. The fraction of sp³-hybridized carbons (Fsp3) is 0.174. The van der Waals surface area contributed by atoms with Crippen molar-refractivity contribution in [3.05, 3.63) is 76.8 Å². The van der Waals surface area contributed by atoms with Crippen molar-refractivity contribution < 1.29 is 18.4 Å². The maximum absolute atomic E-state index is 14.3. The van der Waals surface area contributed by atoms with Crippen LogP contribution >= 0.6 is 11.3 Å². The summed E-state index contributed by atoms with van der Waals surface area (Å²) in [7, 11) is 0. The molecule has 0 N–H and O–H groups in total. The molecule has 0 unspecified atom stereocenters. The fourth-order valence-electron chi connectivity index (χ4n) is 3.58. The van der Waals surface area contributed by atoms with E-state index in [1.54, 1.807) is 5.38 Å². The number of carbonyl (C=O) groups is 2. The molecule has 0 spiro atoms. The summed E-state index contributed by atoms with van der Waals surface area (Å²) in [4.78, 5) is 32.1. The van der Waals surface area contributed by atoms with Gasteiger partial charge in [-0.2, -0.15) is 0 Å². The van der Waals surface area contributed by atoms with Crippen LogP contribution in [0.2, 0.25) is 0 Å². The monoisotopic (exact) mass is 439 g/mol. The summed E-state index contributed by atoms with van der Waals surface area (Å²) in [5.74, 6) is -1.98. The highest BCUT2D eigenvalue weighted by molar-refractivity contribution is 7.14. The molecule has 5 nitrogen and oxygen atoms in total. The molecule has 0 fully saturated rings. The second-order valence-electron chi connectivity index (χ2n) is 7.07. The van der Waals surface area contributed by atoms with Crippen LogP contribution in [0, 0.1) is 11.6 Å². The first-order valence-corrected chi connectivity index (χ1v) is 10.6. The third-order valence-electron chi connectivity index (χ3n) is 4.90. The van der Waals surface area contributed by atoms with Crippen LogP contribution < -0.4 is 9.80 Å². The Hall–Kier alpha value is -3.39. The molecule has 1 aliphatic rings. The molecule has 4 rings (SSSR count). The van der Waals surface area contributed by atoms with Crippen LogP contribution in [0.5, 0.6) is 0 Å². The SMILES string of the molecule is CC(=O)N(c1ccccc1)c1nc(C=CC(=O)N2CCCc3cc(F)cc(F)c32)cs1. The zero-order valence-electron chi connectivity index (χ0n) is 16.7. The van der Waals surface area contributed by atoms with Gasteiger partial charge < -0.3 is 4.90 Å². The van der Waals surface area contributed by atoms with Crippen molar-refractivity contribution in [1.29, 1.82) is 0 Å². The first-order valence-electron chi connectivity index (χ1n) is 9.73. The summed E-state index contributed by atoms with van der Waals surface area (Å²) in [5, 5.41) is 2.22. The number of halogens is 2. The zero-order valence-corrected chi connectivity index (χ0v) is 17.5. The summed E-state index contributed by atoms with van der Waals surface area (Å²) >= 11 is 1.28. The van der Waals surface area contributed by atoms with Gasteiger partial charge in [-0.1, -0.05) is 18.2 Å². The minimum absolute atomic E-state index is 0.132. The van der Waals surface area contributed by atoms with Crippen molar-refractivity contribution in [2.24, 2.45) is 0 Å². The van der Waals surface area contributed by atoms with E-state index in [0.29, 0.717) is 41.5 Å². The minimum Gasteiger partial charge on any atom is -0.306 e. The third-order valence-corrected chi connectivity index (χ3v) is 5.74. The lowest BCUT2D eigenvalue weighted by Crippen LogP contribution is -2.35. The van der Waals surface area contributed by atoms with Crippen molar-refractivity contribution in [3.8, 4) is 0 Å². The Morgan fingerprint density at radius 3 is 2.71 bits per heavy atom. The average Bonchev–Trinajstić information content (AvgIpc) is 3.20. The molecule has 0 saturated carbocycles. The molecule has 2 aromatic carbocycles. The van der Waals surface area contributed by atoms with Gasteiger partial charge in [0.15, 0.2) is 5.13 Å². The van der Waals surface area contributed by atoms with Gasteiger partial charge in [0.05, 0.1) is 17.1 Å². The number of fused-ring (bicyclic) bond motifs is 1. The van der Waals surface area contributed by atoms with Crippen LogP contribution in [-0.2, 0) is 16.0 Å². The van der Waals surface area contributed by atoms with E-state index in [-0.39, 0.29) is 11.6 Å². The number of carbonyl (C=O) groups excluding carboxylic acids is 2. The molecule has 3 aromatic rings. The van der Waals surface area contributed by atoms with Crippen molar-refractivity contribution in [3.63, 3.8) is 0 Å². The average molecular weight is 439 g/mol. The lowest BCUT2D eigenvalue weighted by molar-refractivity contribution is -0.116. The smallest absolute Gasteiger partial charge is 0.251 e. The lowest BCUT2D eigenvalue weighted by Gasteiger charge is -2.29. The van der Waals surface area contributed by atoms with Crippen molar-refractivity contribution in [2.45, 2.75) is 19.8 Å². The van der Waals surface area contributed by atoms with Gasteiger partial charge in [0.1, 0.15) is 11.6 Å². The molecule has 1 aliphatic heterocycles. The van der Waals surface area contributed by atoms with Gasteiger partial charge in [-0.15, -0.1) is 11.3 Å². The summed E-state index contributed by atoms with van der Waals surface area (Å²) in [6.07, 6.45) is 3.99. The van der Waals surface area contributed by atoms with E-state index in [4.69, 9.17) is 0 Å². The van der Waals surface area contributed by atoms with Gasteiger partial charge in [-0.3, -0.25) is 14.5 Å². The highest BCUT2D eigenvalue weighted by atomic mass is 32.1. The number of para-hydroxylation sites is 1. The Bertz CT molecular complexity index is 1160. The Balaban J connectivity index is 1.55. The van der Waals surface area contributed by atoms with Crippen molar-refractivity contribution in [2.75, 3.05) is 16.3 Å². The topological polar surface area (TPSA) is 53.5 Å². The normalized spacial score (nSPS) is 13.3. The molecule has 8 heteroatoms. The van der Waals surface area contributed by atoms with E-state index in [1.807, 2.05) is 30.3 Å². The predicted molar refractivity (Wildman–Crippen MR) is 117 cm³/mol. The van der Waals surface area contributed by atoms with Crippen molar-refractivity contribution >= 4 is 45.7 Å². The number of thiazole rings is 1. The molecular formula is C23H19F2N3O2S. The Morgan fingerprint density at radius 1 is 1.19 bits per heavy atom. The van der Waals surface area contributed by atoms with E-state index in [2.05, 4.69) is 4.98 Å². The standard InChI is InChI=1S/C23H19F2N3O2S/c1-15(29)28(19-7-3-2-4-8-19)23-26-18(14-31-23)9-10-21(30)27-11-5-6-16-12-17(24)13-20(25)22(16)27/h2-4,7-10,12-14H,5-6,11H2,1H3. The fourth-order valence-corrected chi connectivity index (χ4v) is 4.43. The van der Waals surface area contributed by atoms with Crippen LogP contribution in [-0.4, -0.2) is 23.3 Å². The summed E-state index contributed by atoms with van der Waals surface area (Å²) in [6, 6.07) is 11.2. The van der Waals surface area contributed by atoms with Crippen LogP contribution in [0.25, 0.3) is 6.08 Å². The molecule has 0 radical (unpaired) electrons. The van der Waals surface area contributed by atoms with Gasteiger partial charge in [0.25, 0.3) is 5.91 Å². The zero-order chi connectivity index (χ0) is 22.0. The van der Waals surface area contributed by atoms with Crippen LogP contribution in [0.3, 0.4) is 0 Å². The summed E-state index contributed by atoms with van der Waals surface area (Å²) in [6.45, 7) is 1.81. The number of hydrogen-bond donors (Lipinski definition) is 0. The Labute approximate surface area is 182 Å². The molecule has 0 bridgehead atoms. The second kappa shape index (κ2) is 8.77.